The maximum atomic E-state index is 11.4. The Balaban J connectivity index is 2.14. The minimum Gasteiger partial charge on any atom is -0.434 e. The third kappa shape index (κ3) is 2.33. The van der Waals surface area contributed by atoms with Gasteiger partial charge in [0.2, 0.25) is 0 Å². The van der Waals surface area contributed by atoms with Gasteiger partial charge in [-0.3, -0.25) is 0 Å². The lowest BCUT2D eigenvalue weighted by Gasteiger charge is -2.04. The van der Waals surface area contributed by atoms with Crippen LogP contribution in [0.1, 0.15) is 18.1 Å². The van der Waals surface area contributed by atoms with Crippen molar-refractivity contribution in [2.24, 2.45) is 0 Å². The molecule has 3 aromatic rings. The highest BCUT2D eigenvalue weighted by atomic mass is 16.7. The summed E-state index contributed by atoms with van der Waals surface area (Å²) in [5.41, 5.74) is 4.53. The van der Waals surface area contributed by atoms with Crippen molar-refractivity contribution in [3.63, 3.8) is 0 Å². The summed E-state index contributed by atoms with van der Waals surface area (Å²) in [6.07, 6.45) is -0.676. The molecule has 0 radical (unpaired) electrons. The van der Waals surface area contributed by atoms with Gasteiger partial charge < -0.3 is 14.5 Å². The first-order valence-electron chi connectivity index (χ1n) is 6.96. The number of H-pyrrole nitrogens is 1. The SMILES string of the molecule is CCOC(=O)Oc1ccc2[nH]c3c(C)ccc(C)c3c2c1. The zero-order valence-electron chi connectivity index (χ0n) is 12.3. The molecule has 3 rings (SSSR count). The van der Waals surface area contributed by atoms with Crippen LogP contribution in [0.5, 0.6) is 5.75 Å². The van der Waals surface area contributed by atoms with Gasteiger partial charge in [-0.1, -0.05) is 12.1 Å². The molecule has 0 bridgehead atoms. The first-order chi connectivity index (χ1) is 10.1. The standard InChI is InChI=1S/C17H17NO3/c1-4-20-17(19)21-12-7-8-14-13(9-12)15-10(2)5-6-11(3)16(15)18-14/h5-9,18H,4H2,1-3H3. The van der Waals surface area contributed by atoms with Crippen molar-refractivity contribution < 1.29 is 14.3 Å². The maximum absolute atomic E-state index is 11.4. The van der Waals surface area contributed by atoms with Crippen LogP contribution in [0.25, 0.3) is 21.8 Å². The fraction of sp³-hybridized carbons (Fsp3) is 0.235. The highest BCUT2D eigenvalue weighted by Crippen LogP contribution is 2.32. The predicted molar refractivity (Wildman–Crippen MR) is 82.9 cm³/mol. The fourth-order valence-corrected chi connectivity index (χ4v) is 2.60. The number of rotatable bonds is 2. The monoisotopic (exact) mass is 283 g/mol. The largest absolute Gasteiger partial charge is 0.513 e. The van der Waals surface area contributed by atoms with E-state index in [0.29, 0.717) is 12.4 Å². The van der Waals surface area contributed by atoms with Crippen molar-refractivity contribution in [1.82, 2.24) is 4.98 Å². The van der Waals surface area contributed by atoms with Gasteiger partial charge in [-0.25, -0.2) is 4.79 Å². The summed E-state index contributed by atoms with van der Waals surface area (Å²) in [6.45, 7) is 6.20. The van der Waals surface area contributed by atoms with Crippen LogP contribution in [0, 0.1) is 13.8 Å². The molecule has 21 heavy (non-hydrogen) atoms. The fourth-order valence-electron chi connectivity index (χ4n) is 2.60. The molecule has 2 aromatic carbocycles. The highest BCUT2D eigenvalue weighted by Gasteiger charge is 2.11. The number of aromatic nitrogens is 1. The van der Waals surface area contributed by atoms with Crippen molar-refractivity contribution >= 4 is 28.0 Å². The van der Waals surface area contributed by atoms with Crippen LogP contribution in [0.3, 0.4) is 0 Å². The number of carbonyl (C=O) groups is 1. The summed E-state index contributed by atoms with van der Waals surface area (Å²) < 4.78 is 9.98. The van der Waals surface area contributed by atoms with Gasteiger partial charge in [-0.2, -0.15) is 0 Å². The molecule has 0 saturated heterocycles. The minimum absolute atomic E-state index is 0.298. The first-order valence-corrected chi connectivity index (χ1v) is 6.96. The summed E-state index contributed by atoms with van der Waals surface area (Å²) in [5.74, 6) is 0.489. The number of hydrogen-bond donors (Lipinski definition) is 1. The summed E-state index contributed by atoms with van der Waals surface area (Å²) >= 11 is 0. The number of hydrogen-bond acceptors (Lipinski definition) is 3. The van der Waals surface area contributed by atoms with Gasteiger partial charge in [0.15, 0.2) is 0 Å². The molecule has 0 atom stereocenters. The van der Waals surface area contributed by atoms with Crippen LogP contribution in [0.4, 0.5) is 4.79 Å². The summed E-state index contributed by atoms with van der Waals surface area (Å²) in [4.78, 5) is 14.8. The molecule has 1 aromatic heterocycles. The Hall–Kier alpha value is -2.49. The van der Waals surface area contributed by atoms with Gasteiger partial charge >= 0.3 is 6.16 Å². The maximum Gasteiger partial charge on any atom is 0.513 e. The molecule has 0 fully saturated rings. The van der Waals surface area contributed by atoms with Crippen LogP contribution >= 0.6 is 0 Å². The van der Waals surface area contributed by atoms with Crippen molar-refractivity contribution in [3.8, 4) is 5.75 Å². The number of aryl methyl sites for hydroxylation is 2. The molecule has 0 spiro atoms. The molecule has 4 heteroatoms. The molecule has 1 heterocycles. The van der Waals surface area contributed by atoms with E-state index in [9.17, 15) is 4.79 Å². The minimum atomic E-state index is -0.676. The summed E-state index contributed by atoms with van der Waals surface area (Å²) in [5, 5.41) is 2.22. The van der Waals surface area contributed by atoms with E-state index in [-0.39, 0.29) is 0 Å². The molecule has 0 aliphatic carbocycles. The van der Waals surface area contributed by atoms with Crippen molar-refractivity contribution in [1.29, 1.82) is 0 Å². The van der Waals surface area contributed by atoms with E-state index in [4.69, 9.17) is 9.47 Å². The van der Waals surface area contributed by atoms with E-state index in [0.717, 1.165) is 16.4 Å². The van der Waals surface area contributed by atoms with E-state index in [2.05, 4.69) is 31.0 Å². The molecule has 0 saturated carbocycles. The number of carbonyl (C=O) groups excluding carboxylic acids is 1. The van der Waals surface area contributed by atoms with Crippen LogP contribution in [-0.4, -0.2) is 17.7 Å². The topological polar surface area (TPSA) is 51.3 Å². The molecule has 108 valence electrons. The predicted octanol–water partition coefficient (Wildman–Crippen LogP) is 4.47. The lowest BCUT2D eigenvalue weighted by atomic mass is 10.0. The Labute approximate surface area is 122 Å². The molecular formula is C17H17NO3. The second-order valence-corrected chi connectivity index (χ2v) is 5.07. The Morgan fingerprint density at radius 2 is 1.90 bits per heavy atom. The zero-order chi connectivity index (χ0) is 15.0. The number of nitrogens with one attached hydrogen (secondary N) is 1. The van der Waals surface area contributed by atoms with Crippen molar-refractivity contribution in [2.75, 3.05) is 6.61 Å². The van der Waals surface area contributed by atoms with Crippen LogP contribution in [0.15, 0.2) is 30.3 Å². The van der Waals surface area contributed by atoms with Gasteiger partial charge in [0.25, 0.3) is 0 Å². The summed E-state index contributed by atoms with van der Waals surface area (Å²) in [6, 6.07) is 9.76. The number of fused-ring (bicyclic) bond motifs is 3. The molecule has 1 N–H and O–H groups in total. The van der Waals surface area contributed by atoms with Crippen molar-refractivity contribution in [2.45, 2.75) is 20.8 Å². The molecule has 4 nitrogen and oxygen atoms in total. The van der Waals surface area contributed by atoms with Crippen LogP contribution in [-0.2, 0) is 4.74 Å². The van der Waals surface area contributed by atoms with Gasteiger partial charge in [-0.15, -0.1) is 0 Å². The third-order valence-corrected chi connectivity index (χ3v) is 3.61. The second-order valence-electron chi connectivity index (χ2n) is 5.07. The normalized spacial score (nSPS) is 11.0. The van der Waals surface area contributed by atoms with E-state index in [1.807, 2.05) is 12.1 Å². The zero-order valence-corrected chi connectivity index (χ0v) is 12.3. The van der Waals surface area contributed by atoms with Gasteiger partial charge in [-0.05, 0) is 50.1 Å². The Morgan fingerprint density at radius 1 is 1.14 bits per heavy atom. The van der Waals surface area contributed by atoms with E-state index in [1.165, 1.54) is 16.5 Å². The summed E-state index contributed by atoms with van der Waals surface area (Å²) in [7, 11) is 0. The Bertz CT molecular complexity index is 833. The van der Waals surface area contributed by atoms with E-state index < -0.39 is 6.16 Å². The molecule has 0 aliphatic heterocycles. The second kappa shape index (κ2) is 5.13. The van der Waals surface area contributed by atoms with E-state index >= 15 is 0 Å². The lowest BCUT2D eigenvalue weighted by molar-refractivity contribution is 0.104. The number of benzene rings is 2. The Morgan fingerprint density at radius 3 is 2.67 bits per heavy atom. The smallest absolute Gasteiger partial charge is 0.434 e. The van der Waals surface area contributed by atoms with Gasteiger partial charge in [0.1, 0.15) is 5.75 Å². The number of ether oxygens (including phenoxy) is 2. The average Bonchev–Trinajstić information content (AvgIpc) is 2.83. The first kappa shape index (κ1) is 13.5. The molecule has 0 unspecified atom stereocenters. The van der Waals surface area contributed by atoms with Gasteiger partial charge in [0, 0.05) is 21.8 Å². The van der Waals surface area contributed by atoms with Crippen LogP contribution in [0.2, 0.25) is 0 Å². The highest BCUT2D eigenvalue weighted by molar-refractivity contribution is 6.10. The molecular weight excluding hydrogens is 266 g/mol. The average molecular weight is 283 g/mol. The quantitative estimate of drug-likeness (QED) is 0.557. The Kier molecular flexibility index (Phi) is 3.29. The van der Waals surface area contributed by atoms with Crippen molar-refractivity contribution in [3.05, 3.63) is 41.5 Å². The number of aromatic amines is 1. The van der Waals surface area contributed by atoms with Gasteiger partial charge in [0.05, 0.1) is 6.61 Å². The third-order valence-electron chi connectivity index (χ3n) is 3.61. The van der Waals surface area contributed by atoms with E-state index in [1.54, 1.807) is 13.0 Å². The lowest BCUT2D eigenvalue weighted by Crippen LogP contribution is -2.09. The van der Waals surface area contributed by atoms with Crippen LogP contribution < -0.4 is 4.74 Å². The molecule has 0 aliphatic rings. The molecule has 0 amide bonds.